The molecular weight excluding hydrogens is 244 g/mol. The third kappa shape index (κ3) is 2.94. The minimum atomic E-state index is 0.519. The Morgan fingerprint density at radius 1 is 1.28 bits per heavy atom. The Morgan fingerprint density at radius 3 is 2.72 bits per heavy atom. The summed E-state index contributed by atoms with van der Waals surface area (Å²) >= 11 is 1.89. The molecule has 0 bridgehead atoms. The van der Waals surface area contributed by atoms with Gasteiger partial charge in [-0.1, -0.05) is 18.9 Å². The summed E-state index contributed by atoms with van der Waals surface area (Å²) in [7, 11) is 0. The van der Waals surface area contributed by atoms with E-state index in [-0.39, 0.29) is 0 Å². The third-order valence-corrected chi connectivity index (χ3v) is 5.01. The smallest absolute Gasteiger partial charge is 0.0608 e. The lowest BCUT2D eigenvalue weighted by Crippen LogP contribution is -2.48. The molecular formula is C14H22N2OS. The first-order valence-electron chi connectivity index (χ1n) is 7.06. The summed E-state index contributed by atoms with van der Waals surface area (Å²) in [5.74, 6) is 0.812. The van der Waals surface area contributed by atoms with E-state index in [1.807, 2.05) is 11.3 Å². The van der Waals surface area contributed by atoms with E-state index in [1.165, 1.54) is 30.6 Å². The molecule has 3 rings (SSSR count). The van der Waals surface area contributed by atoms with Crippen molar-refractivity contribution >= 4 is 11.3 Å². The summed E-state index contributed by atoms with van der Waals surface area (Å²) in [5, 5.41) is 4.55. The molecule has 0 radical (unpaired) electrons. The number of morpholine rings is 1. The molecule has 1 N–H and O–H groups in total. The van der Waals surface area contributed by atoms with Crippen molar-refractivity contribution < 1.29 is 4.74 Å². The molecule has 1 saturated carbocycles. The van der Waals surface area contributed by atoms with Crippen molar-refractivity contribution in [3.8, 4) is 0 Å². The second kappa shape index (κ2) is 6.15. The third-order valence-electron chi connectivity index (χ3n) is 4.05. The summed E-state index contributed by atoms with van der Waals surface area (Å²) in [4.78, 5) is 1.49. The molecule has 2 aliphatic rings. The Labute approximate surface area is 113 Å². The van der Waals surface area contributed by atoms with Crippen LogP contribution < -0.4 is 5.43 Å². The number of ether oxygens (including phenoxy) is 1. The Kier molecular flexibility index (Phi) is 4.31. The maximum atomic E-state index is 5.42. The van der Waals surface area contributed by atoms with Crippen LogP contribution in [0, 0.1) is 5.92 Å². The normalized spacial score (nSPS) is 24.4. The van der Waals surface area contributed by atoms with Crippen molar-refractivity contribution in [1.82, 2.24) is 10.4 Å². The number of nitrogens with one attached hydrogen (secondary N) is 1. The van der Waals surface area contributed by atoms with Gasteiger partial charge in [0, 0.05) is 18.0 Å². The monoisotopic (exact) mass is 266 g/mol. The molecule has 3 nitrogen and oxygen atoms in total. The van der Waals surface area contributed by atoms with Crippen LogP contribution in [0.5, 0.6) is 0 Å². The summed E-state index contributed by atoms with van der Waals surface area (Å²) < 4.78 is 5.42. The molecule has 1 saturated heterocycles. The fourth-order valence-corrected chi connectivity index (χ4v) is 3.91. The molecule has 1 aliphatic heterocycles. The van der Waals surface area contributed by atoms with Crippen LogP contribution in [-0.2, 0) is 4.74 Å². The Hall–Kier alpha value is -0.420. The molecule has 1 atom stereocenters. The summed E-state index contributed by atoms with van der Waals surface area (Å²) in [5.41, 5.74) is 3.76. The van der Waals surface area contributed by atoms with Gasteiger partial charge in [-0.25, -0.2) is 10.4 Å². The fraction of sp³-hybridized carbons (Fsp3) is 0.714. The van der Waals surface area contributed by atoms with Crippen molar-refractivity contribution in [1.29, 1.82) is 0 Å². The molecule has 0 aromatic carbocycles. The van der Waals surface area contributed by atoms with Crippen LogP contribution in [-0.4, -0.2) is 31.3 Å². The molecule has 1 unspecified atom stereocenters. The highest BCUT2D eigenvalue weighted by Gasteiger charge is 2.28. The maximum absolute atomic E-state index is 5.42. The zero-order valence-electron chi connectivity index (χ0n) is 10.8. The van der Waals surface area contributed by atoms with Gasteiger partial charge in [-0.15, -0.1) is 11.3 Å². The first-order valence-corrected chi connectivity index (χ1v) is 7.94. The highest BCUT2D eigenvalue weighted by molar-refractivity contribution is 7.10. The van der Waals surface area contributed by atoms with Crippen LogP contribution in [0.25, 0.3) is 0 Å². The van der Waals surface area contributed by atoms with Crippen molar-refractivity contribution in [3.05, 3.63) is 22.4 Å². The molecule has 1 aliphatic carbocycles. The van der Waals surface area contributed by atoms with Crippen molar-refractivity contribution in [2.45, 2.75) is 31.7 Å². The molecule has 4 heteroatoms. The van der Waals surface area contributed by atoms with Gasteiger partial charge in [0.05, 0.1) is 19.3 Å². The minimum absolute atomic E-state index is 0.519. The zero-order chi connectivity index (χ0) is 12.2. The van der Waals surface area contributed by atoms with Gasteiger partial charge in [-0.2, -0.15) is 0 Å². The summed E-state index contributed by atoms with van der Waals surface area (Å²) in [6, 6.07) is 4.97. The van der Waals surface area contributed by atoms with Gasteiger partial charge in [-0.3, -0.25) is 0 Å². The van der Waals surface area contributed by atoms with Crippen LogP contribution in [0.15, 0.2) is 17.5 Å². The largest absolute Gasteiger partial charge is 0.379 e. The van der Waals surface area contributed by atoms with E-state index in [4.69, 9.17) is 4.74 Å². The second-order valence-corrected chi connectivity index (χ2v) is 6.25. The molecule has 100 valence electrons. The second-order valence-electron chi connectivity index (χ2n) is 5.27. The van der Waals surface area contributed by atoms with E-state index < -0.39 is 0 Å². The standard InChI is InChI=1S/C14H22N2OS/c1-2-5-12(4-1)14(13-6-3-11-18-13)15-16-7-9-17-10-8-16/h3,6,11-12,14-15H,1-2,4-5,7-10H2. The number of rotatable bonds is 4. The van der Waals surface area contributed by atoms with Gasteiger partial charge in [-0.05, 0) is 30.2 Å². The van der Waals surface area contributed by atoms with Gasteiger partial charge < -0.3 is 4.74 Å². The van der Waals surface area contributed by atoms with Crippen LogP contribution in [0.1, 0.15) is 36.6 Å². The number of nitrogens with zero attached hydrogens (tertiary/aromatic N) is 1. The molecule has 1 aromatic heterocycles. The maximum Gasteiger partial charge on any atom is 0.0608 e. The molecule has 0 amide bonds. The average molecular weight is 266 g/mol. The number of hydrazine groups is 1. The van der Waals surface area contributed by atoms with Gasteiger partial charge in [0.2, 0.25) is 0 Å². The Morgan fingerprint density at radius 2 is 2.06 bits per heavy atom. The summed E-state index contributed by atoms with van der Waals surface area (Å²) in [6.45, 7) is 3.73. The van der Waals surface area contributed by atoms with Crippen LogP contribution in [0.2, 0.25) is 0 Å². The van der Waals surface area contributed by atoms with Crippen LogP contribution in [0.4, 0.5) is 0 Å². The van der Waals surface area contributed by atoms with E-state index in [9.17, 15) is 0 Å². The quantitative estimate of drug-likeness (QED) is 0.907. The molecule has 2 heterocycles. The first-order chi connectivity index (χ1) is 8.93. The first kappa shape index (κ1) is 12.6. The highest BCUT2D eigenvalue weighted by Crippen LogP contribution is 2.37. The van der Waals surface area contributed by atoms with Gasteiger partial charge in [0.25, 0.3) is 0 Å². The predicted molar refractivity (Wildman–Crippen MR) is 74.5 cm³/mol. The fourth-order valence-electron chi connectivity index (χ4n) is 3.05. The van der Waals surface area contributed by atoms with Crippen LogP contribution >= 0.6 is 11.3 Å². The van der Waals surface area contributed by atoms with E-state index in [0.29, 0.717) is 6.04 Å². The van der Waals surface area contributed by atoms with Gasteiger partial charge in [0.15, 0.2) is 0 Å². The molecule has 1 aromatic rings. The predicted octanol–water partition coefficient (Wildman–Crippen LogP) is 2.82. The number of thiophene rings is 1. The molecule has 0 spiro atoms. The average Bonchev–Trinajstić information content (AvgIpc) is 3.11. The highest BCUT2D eigenvalue weighted by atomic mass is 32.1. The van der Waals surface area contributed by atoms with E-state index >= 15 is 0 Å². The van der Waals surface area contributed by atoms with Gasteiger partial charge >= 0.3 is 0 Å². The van der Waals surface area contributed by atoms with E-state index in [2.05, 4.69) is 27.9 Å². The van der Waals surface area contributed by atoms with Crippen molar-refractivity contribution in [2.24, 2.45) is 5.92 Å². The topological polar surface area (TPSA) is 24.5 Å². The van der Waals surface area contributed by atoms with E-state index in [1.54, 1.807) is 0 Å². The van der Waals surface area contributed by atoms with Crippen molar-refractivity contribution in [2.75, 3.05) is 26.3 Å². The lowest BCUT2D eigenvalue weighted by molar-refractivity contribution is -0.00186. The van der Waals surface area contributed by atoms with Crippen molar-refractivity contribution in [3.63, 3.8) is 0 Å². The van der Waals surface area contributed by atoms with Crippen LogP contribution in [0.3, 0.4) is 0 Å². The van der Waals surface area contributed by atoms with E-state index in [0.717, 1.165) is 32.2 Å². The lowest BCUT2D eigenvalue weighted by Gasteiger charge is -2.34. The number of hydrogen-bond donors (Lipinski definition) is 1. The molecule has 2 fully saturated rings. The summed E-state index contributed by atoms with van der Waals surface area (Å²) in [6.07, 6.45) is 5.55. The minimum Gasteiger partial charge on any atom is -0.379 e. The Balaban J connectivity index is 1.68. The Bertz CT molecular complexity index is 343. The zero-order valence-corrected chi connectivity index (χ0v) is 11.6. The molecule has 18 heavy (non-hydrogen) atoms. The number of hydrogen-bond acceptors (Lipinski definition) is 4. The lowest BCUT2D eigenvalue weighted by atomic mass is 9.97. The SMILES string of the molecule is c1csc(C(NN2CCOCC2)C2CCCC2)c1. The van der Waals surface area contributed by atoms with Gasteiger partial charge in [0.1, 0.15) is 0 Å².